The maximum absolute atomic E-state index is 12.0. The average molecular weight is 294 g/mol. The fourth-order valence-electron chi connectivity index (χ4n) is 1.43. The number of guanidine groups is 1. The van der Waals surface area contributed by atoms with E-state index in [4.69, 9.17) is 11.6 Å². The zero-order chi connectivity index (χ0) is 12.8. The van der Waals surface area contributed by atoms with Crippen LogP contribution >= 0.6 is 22.9 Å². The molecule has 2 heterocycles. The van der Waals surface area contributed by atoms with Crippen LogP contribution < -0.4 is 10.0 Å². The molecule has 1 aromatic heterocycles. The number of sulfonamides is 1. The van der Waals surface area contributed by atoms with Crippen molar-refractivity contribution < 1.29 is 8.42 Å². The Morgan fingerprint density at radius 2 is 2.06 bits per heavy atom. The van der Waals surface area contributed by atoms with Crippen LogP contribution in [0.2, 0.25) is 4.34 Å². The molecule has 0 radical (unpaired) electrons. The maximum Gasteiger partial charge on any atom is 0.275 e. The zero-order valence-corrected chi connectivity index (χ0v) is 11.9. The van der Waals surface area contributed by atoms with E-state index in [1.807, 2.05) is 13.8 Å². The first-order chi connectivity index (χ1) is 7.81. The summed E-state index contributed by atoms with van der Waals surface area (Å²) in [5.41, 5.74) is 1.26. The third-order valence-corrected chi connectivity index (χ3v) is 5.61. The fraction of sp³-hybridized carbons (Fsp3) is 0.444. The Bertz CT molecular complexity index is 590. The molecule has 5 nitrogen and oxygen atoms in total. The molecular formula is C9H12ClN3O2S2. The van der Waals surface area contributed by atoms with Gasteiger partial charge in [0, 0.05) is 11.6 Å². The number of thiophene rings is 1. The van der Waals surface area contributed by atoms with Crippen molar-refractivity contribution in [3.63, 3.8) is 0 Å². The third-order valence-electron chi connectivity index (χ3n) is 2.16. The number of aliphatic imine (C=N–C) groups is 1. The van der Waals surface area contributed by atoms with E-state index in [1.54, 1.807) is 6.92 Å². The van der Waals surface area contributed by atoms with Crippen molar-refractivity contribution in [1.29, 1.82) is 0 Å². The summed E-state index contributed by atoms with van der Waals surface area (Å²) in [4.78, 5) is 4.16. The summed E-state index contributed by atoms with van der Waals surface area (Å²) in [5.74, 6) is 0.241. The highest BCUT2D eigenvalue weighted by molar-refractivity contribution is 7.92. The maximum atomic E-state index is 12.0. The molecule has 0 spiro atoms. The quantitative estimate of drug-likeness (QED) is 0.834. The van der Waals surface area contributed by atoms with E-state index in [-0.39, 0.29) is 16.2 Å². The summed E-state index contributed by atoms with van der Waals surface area (Å²) in [6, 6.07) is -0.00355. The van der Waals surface area contributed by atoms with E-state index >= 15 is 0 Å². The summed E-state index contributed by atoms with van der Waals surface area (Å²) in [6.45, 7) is 5.51. The number of nitrogens with zero attached hydrogens (tertiary/aromatic N) is 1. The normalized spacial score (nSPS) is 19.9. The number of anilines is 1. The van der Waals surface area contributed by atoms with Gasteiger partial charge in [-0.2, -0.15) is 0 Å². The van der Waals surface area contributed by atoms with Gasteiger partial charge in [-0.25, -0.2) is 18.1 Å². The number of rotatable bonds is 1. The molecular weight excluding hydrogens is 282 g/mol. The largest absolute Gasteiger partial charge is 0.323 e. The Hall–Kier alpha value is -0.790. The van der Waals surface area contributed by atoms with Gasteiger partial charge in [0.1, 0.15) is 0 Å². The van der Waals surface area contributed by atoms with E-state index < -0.39 is 10.0 Å². The lowest BCUT2D eigenvalue weighted by molar-refractivity contribution is 0.593. The second-order valence-electron chi connectivity index (χ2n) is 3.97. The number of nitrogens with one attached hydrogen (secondary N) is 2. The molecule has 1 aliphatic rings. The van der Waals surface area contributed by atoms with Crippen LogP contribution in [0.4, 0.5) is 5.69 Å². The topological polar surface area (TPSA) is 70.6 Å². The van der Waals surface area contributed by atoms with Crippen molar-refractivity contribution in [3.05, 3.63) is 9.90 Å². The van der Waals surface area contributed by atoms with Gasteiger partial charge < -0.3 is 5.32 Å². The van der Waals surface area contributed by atoms with Gasteiger partial charge in [0.05, 0.1) is 10.0 Å². The van der Waals surface area contributed by atoms with Crippen molar-refractivity contribution in [3.8, 4) is 0 Å². The van der Waals surface area contributed by atoms with Gasteiger partial charge in [-0.05, 0) is 20.8 Å². The smallest absolute Gasteiger partial charge is 0.275 e. The highest BCUT2D eigenvalue weighted by Crippen LogP contribution is 2.40. The van der Waals surface area contributed by atoms with Crippen molar-refractivity contribution in [1.82, 2.24) is 4.72 Å². The van der Waals surface area contributed by atoms with Gasteiger partial charge in [-0.3, -0.25) is 0 Å². The predicted molar refractivity (Wildman–Crippen MR) is 70.6 cm³/mol. The molecule has 0 atom stereocenters. The van der Waals surface area contributed by atoms with Gasteiger partial charge in [0.15, 0.2) is 4.21 Å². The minimum Gasteiger partial charge on any atom is -0.323 e. The van der Waals surface area contributed by atoms with Gasteiger partial charge in [-0.15, -0.1) is 11.3 Å². The summed E-state index contributed by atoms with van der Waals surface area (Å²) in [7, 11) is -3.55. The molecule has 8 heteroatoms. The minimum absolute atomic E-state index is 0.00355. The molecule has 0 aliphatic carbocycles. The Morgan fingerprint density at radius 1 is 1.41 bits per heavy atom. The summed E-state index contributed by atoms with van der Waals surface area (Å²) in [6.07, 6.45) is 0. The average Bonchev–Trinajstić information content (AvgIpc) is 2.44. The van der Waals surface area contributed by atoms with Crippen LogP contribution in [0.15, 0.2) is 9.20 Å². The Kier molecular flexibility index (Phi) is 3.09. The molecule has 0 fully saturated rings. The van der Waals surface area contributed by atoms with Gasteiger partial charge >= 0.3 is 0 Å². The van der Waals surface area contributed by atoms with Crippen LogP contribution in [0.5, 0.6) is 0 Å². The molecule has 0 bridgehead atoms. The van der Waals surface area contributed by atoms with Crippen LogP contribution in [0.25, 0.3) is 0 Å². The van der Waals surface area contributed by atoms with E-state index in [1.165, 1.54) is 0 Å². The Labute approximate surface area is 109 Å². The standard InChI is InChI=1S/C9H12ClN3O2S2/c1-4(2)11-9-12-6-5(3)7(10)16-8(6)17(14,15)13-9/h4H,1-3H3,(H2,11,12,13). The van der Waals surface area contributed by atoms with Gasteiger partial charge in [0.2, 0.25) is 5.96 Å². The Balaban J connectivity index is 2.57. The van der Waals surface area contributed by atoms with Crippen LogP contribution in [-0.4, -0.2) is 20.4 Å². The van der Waals surface area contributed by atoms with Crippen molar-refractivity contribution >= 4 is 44.6 Å². The lowest BCUT2D eigenvalue weighted by Gasteiger charge is -2.19. The lowest BCUT2D eigenvalue weighted by Crippen LogP contribution is -2.40. The fourth-order valence-corrected chi connectivity index (χ4v) is 4.35. The molecule has 0 unspecified atom stereocenters. The van der Waals surface area contributed by atoms with Gasteiger partial charge in [-0.1, -0.05) is 11.6 Å². The Morgan fingerprint density at radius 3 is 2.65 bits per heavy atom. The second kappa shape index (κ2) is 4.15. The summed E-state index contributed by atoms with van der Waals surface area (Å²) in [5, 5.41) is 2.96. The van der Waals surface area contributed by atoms with E-state index in [0.717, 1.165) is 16.9 Å². The second-order valence-corrected chi connectivity index (χ2v) is 7.47. The molecule has 2 rings (SSSR count). The molecule has 1 aromatic rings. The molecule has 17 heavy (non-hydrogen) atoms. The van der Waals surface area contributed by atoms with Crippen LogP contribution in [0.1, 0.15) is 19.4 Å². The monoisotopic (exact) mass is 293 g/mol. The van der Waals surface area contributed by atoms with Crippen LogP contribution in [-0.2, 0) is 10.0 Å². The van der Waals surface area contributed by atoms with E-state index in [9.17, 15) is 8.42 Å². The molecule has 2 N–H and O–H groups in total. The minimum atomic E-state index is -3.55. The highest BCUT2D eigenvalue weighted by Gasteiger charge is 2.31. The van der Waals surface area contributed by atoms with E-state index in [0.29, 0.717) is 10.0 Å². The number of hydrogen-bond acceptors (Lipinski definition) is 4. The SMILES string of the molecule is Cc1c(Cl)sc2c1NC(=NC(C)C)NS2(=O)=O. The first-order valence-electron chi connectivity index (χ1n) is 4.98. The predicted octanol–water partition coefficient (Wildman–Crippen LogP) is 2.18. The highest BCUT2D eigenvalue weighted by atomic mass is 35.5. The van der Waals surface area contributed by atoms with E-state index in [2.05, 4.69) is 15.0 Å². The molecule has 0 amide bonds. The summed E-state index contributed by atoms with van der Waals surface area (Å²) >= 11 is 6.99. The van der Waals surface area contributed by atoms with Gasteiger partial charge in [0.25, 0.3) is 10.0 Å². The lowest BCUT2D eigenvalue weighted by atomic mass is 10.3. The van der Waals surface area contributed by atoms with Crippen LogP contribution in [0.3, 0.4) is 0 Å². The molecule has 0 saturated carbocycles. The first-order valence-corrected chi connectivity index (χ1v) is 7.65. The first kappa shape index (κ1) is 12.7. The van der Waals surface area contributed by atoms with Crippen molar-refractivity contribution in [2.24, 2.45) is 4.99 Å². The third kappa shape index (κ3) is 2.27. The summed E-state index contributed by atoms with van der Waals surface area (Å²) < 4.78 is 27.0. The molecule has 94 valence electrons. The van der Waals surface area contributed by atoms with Crippen molar-refractivity contribution in [2.45, 2.75) is 31.0 Å². The molecule has 1 aliphatic heterocycles. The molecule has 0 saturated heterocycles. The number of halogens is 1. The van der Waals surface area contributed by atoms with Crippen molar-refractivity contribution in [2.75, 3.05) is 5.32 Å². The zero-order valence-electron chi connectivity index (χ0n) is 9.54. The number of fused-ring (bicyclic) bond motifs is 1. The van der Waals surface area contributed by atoms with Crippen LogP contribution in [0, 0.1) is 6.92 Å². The number of hydrogen-bond donors (Lipinski definition) is 2. The molecule has 0 aromatic carbocycles.